The molecule has 0 spiro atoms. The van der Waals surface area contributed by atoms with Gasteiger partial charge in [0.15, 0.2) is 0 Å². The second kappa shape index (κ2) is 7.78. The number of aromatic nitrogens is 4. The minimum Gasteiger partial charge on any atom is -0.301 e. The molecule has 4 aromatic rings. The number of imidazole rings is 1. The normalized spacial score (nSPS) is 13.0. The van der Waals surface area contributed by atoms with Crippen molar-refractivity contribution in [3.8, 4) is 34.3 Å². The van der Waals surface area contributed by atoms with Gasteiger partial charge in [0, 0.05) is 37.6 Å². The van der Waals surface area contributed by atoms with Gasteiger partial charge in [0.2, 0.25) is 0 Å². The van der Waals surface area contributed by atoms with Crippen LogP contribution in [0.1, 0.15) is 29.7 Å². The molecule has 6 heteroatoms. The number of hydrogen-bond donors (Lipinski definition) is 0. The number of pyridine rings is 2. The minimum absolute atomic E-state index is 0.155. The van der Waals surface area contributed by atoms with Crippen LogP contribution in [0.5, 0.6) is 0 Å². The molecule has 0 amide bonds. The molecular weight excluding hydrogens is 398 g/mol. The Morgan fingerprint density at radius 2 is 1.91 bits per heavy atom. The van der Waals surface area contributed by atoms with Crippen LogP contribution in [-0.2, 0) is 13.5 Å². The van der Waals surface area contributed by atoms with E-state index in [1.807, 2.05) is 49.5 Å². The maximum absolute atomic E-state index is 12.9. The summed E-state index contributed by atoms with van der Waals surface area (Å²) in [4.78, 5) is 22.1. The molecule has 1 unspecified atom stereocenters. The Kier molecular flexibility index (Phi) is 4.79. The van der Waals surface area contributed by atoms with Gasteiger partial charge in [-0.2, -0.15) is 5.26 Å². The predicted octanol–water partition coefficient (Wildman–Crippen LogP) is 4.50. The first-order valence-electron chi connectivity index (χ1n) is 10.5. The molecule has 0 bridgehead atoms. The first-order valence-corrected chi connectivity index (χ1v) is 10.5. The van der Waals surface area contributed by atoms with E-state index in [-0.39, 0.29) is 11.6 Å². The molecule has 0 saturated heterocycles. The van der Waals surface area contributed by atoms with E-state index >= 15 is 0 Å². The fourth-order valence-corrected chi connectivity index (χ4v) is 4.00. The van der Waals surface area contributed by atoms with Crippen LogP contribution >= 0.6 is 0 Å². The molecule has 3 aromatic heterocycles. The smallest absolute Gasteiger partial charge is 0.301 e. The first-order chi connectivity index (χ1) is 15.5. The number of rotatable bonds is 4. The lowest BCUT2D eigenvalue weighted by Crippen LogP contribution is -2.21. The van der Waals surface area contributed by atoms with Gasteiger partial charge in [-0.15, -0.1) is 0 Å². The molecule has 0 aliphatic heterocycles. The van der Waals surface area contributed by atoms with Crippen LogP contribution in [0.25, 0.3) is 34.3 Å². The summed E-state index contributed by atoms with van der Waals surface area (Å²) in [5.74, 6) is -0.204. The monoisotopic (exact) mass is 419 g/mol. The van der Waals surface area contributed by atoms with E-state index in [1.54, 1.807) is 28.6 Å². The van der Waals surface area contributed by atoms with Gasteiger partial charge in [0.25, 0.3) is 0 Å². The highest BCUT2D eigenvalue weighted by atomic mass is 16.1. The maximum atomic E-state index is 12.9. The van der Waals surface area contributed by atoms with E-state index in [2.05, 4.69) is 34.3 Å². The van der Waals surface area contributed by atoms with E-state index in [4.69, 9.17) is 5.26 Å². The molecule has 1 aliphatic rings. The third kappa shape index (κ3) is 3.34. The van der Waals surface area contributed by atoms with Gasteiger partial charge < -0.3 is 4.57 Å². The zero-order chi connectivity index (χ0) is 22.2. The van der Waals surface area contributed by atoms with Gasteiger partial charge in [-0.05, 0) is 53.9 Å². The van der Waals surface area contributed by atoms with Crippen molar-refractivity contribution in [1.82, 2.24) is 19.1 Å². The summed E-state index contributed by atoms with van der Waals surface area (Å²) in [5, 5.41) is 9.16. The largest absolute Gasteiger partial charge is 0.333 e. The maximum Gasteiger partial charge on any atom is 0.333 e. The van der Waals surface area contributed by atoms with Crippen molar-refractivity contribution in [3.05, 3.63) is 94.4 Å². The van der Waals surface area contributed by atoms with Crippen LogP contribution in [0.4, 0.5) is 0 Å². The first kappa shape index (κ1) is 19.7. The topological polar surface area (TPSA) is 76.5 Å². The lowest BCUT2D eigenvalue weighted by Gasteiger charge is -2.10. The molecular formula is C26H21N5O. The minimum atomic E-state index is -0.204. The number of hydrogen-bond acceptors (Lipinski definition) is 4. The number of nitrogens with zero attached hydrogens (tertiary/aromatic N) is 5. The Balaban J connectivity index is 1.59. The Hall–Kier alpha value is -4.24. The molecule has 0 fully saturated rings. The van der Waals surface area contributed by atoms with Crippen molar-refractivity contribution in [3.63, 3.8) is 0 Å². The molecule has 32 heavy (non-hydrogen) atoms. The highest BCUT2D eigenvalue weighted by Crippen LogP contribution is 2.28. The van der Waals surface area contributed by atoms with Crippen LogP contribution in [0.2, 0.25) is 0 Å². The van der Waals surface area contributed by atoms with Gasteiger partial charge in [-0.3, -0.25) is 14.5 Å². The molecule has 1 atom stereocenters. The van der Waals surface area contributed by atoms with Crippen LogP contribution in [-0.4, -0.2) is 19.1 Å². The summed E-state index contributed by atoms with van der Waals surface area (Å²) >= 11 is 0. The number of allylic oxidation sites excluding steroid dienone is 1. The van der Waals surface area contributed by atoms with Gasteiger partial charge in [-0.1, -0.05) is 24.3 Å². The molecule has 3 heterocycles. The number of aryl methyl sites for hydroxylation is 1. The molecule has 5 rings (SSSR count). The molecule has 6 nitrogen and oxygen atoms in total. The molecule has 156 valence electrons. The Morgan fingerprint density at radius 1 is 1.09 bits per heavy atom. The third-order valence-corrected chi connectivity index (χ3v) is 5.86. The standard InChI is InChI=1S/C26H21N5O/c1-17(14-27)18-6-8-22(9-7-18)31-25(16-30(2)26(31)32)24-13-19(10-11-28-24)21-12-20-4-3-5-23(20)29-15-21/h3-4,6-13,15-17H,5H2,1-2H3. The average Bonchev–Trinajstić information content (AvgIpc) is 3.42. The van der Waals surface area contributed by atoms with Crippen molar-refractivity contribution >= 4 is 6.08 Å². The van der Waals surface area contributed by atoms with E-state index in [0.717, 1.165) is 40.1 Å². The van der Waals surface area contributed by atoms with E-state index in [9.17, 15) is 4.79 Å². The van der Waals surface area contributed by atoms with E-state index in [0.29, 0.717) is 11.4 Å². The Labute approximate surface area is 185 Å². The molecule has 0 radical (unpaired) electrons. The van der Waals surface area contributed by atoms with Crippen molar-refractivity contribution in [2.45, 2.75) is 19.3 Å². The number of nitriles is 1. The third-order valence-electron chi connectivity index (χ3n) is 5.86. The fraction of sp³-hybridized carbons (Fsp3) is 0.154. The van der Waals surface area contributed by atoms with Crippen LogP contribution < -0.4 is 5.69 Å². The van der Waals surface area contributed by atoms with Gasteiger partial charge >= 0.3 is 5.69 Å². The van der Waals surface area contributed by atoms with E-state index < -0.39 is 0 Å². The van der Waals surface area contributed by atoms with Crippen LogP contribution in [0.3, 0.4) is 0 Å². The summed E-state index contributed by atoms with van der Waals surface area (Å²) < 4.78 is 3.20. The van der Waals surface area contributed by atoms with Crippen LogP contribution in [0.15, 0.2) is 71.9 Å². The molecule has 0 N–H and O–H groups in total. The average molecular weight is 419 g/mol. The lowest BCUT2D eigenvalue weighted by atomic mass is 10.0. The fourth-order valence-electron chi connectivity index (χ4n) is 4.00. The highest BCUT2D eigenvalue weighted by molar-refractivity contribution is 5.72. The second-order valence-corrected chi connectivity index (χ2v) is 7.98. The molecule has 1 aliphatic carbocycles. The lowest BCUT2D eigenvalue weighted by molar-refractivity contribution is 0.824. The van der Waals surface area contributed by atoms with E-state index in [1.165, 1.54) is 0 Å². The van der Waals surface area contributed by atoms with Crippen LogP contribution in [0, 0.1) is 11.3 Å². The van der Waals surface area contributed by atoms with Crippen molar-refractivity contribution in [2.24, 2.45) is 7.05 Å². The molecule has 0 saturated carbocycles. The van der Waals surface area contributed by atoms with Crippen molar-refractivity contribution < 1.29 is 0 Å². The summed E-state index contributed by atoms with van der Waals surface area (Å²) in [7, 11) is 1.73. The van der Waals surface area contributed by atoms with Gasteiger partial charge in [0.1, 0.15) is 0 Å². The summed E-state index contributed by atoms with van der Waals surface area (Å²) in [6, 6.07) is 15.8. The Bertz CT molecular complexity index is 1450. The number of benzene rings is 1. The zero-order valence-electron chi connectivity index (χ0n) is 17.9. The zero-order valence-corrected chi connectivity index (χ0v) is 17.9. The number of fused-ring (bicyclic) bond motifs is 1. The SMILES string of the molecule is CC(C#N)c1ccc(-n2c(-c3cc(-c4cnc5c(c4)C=CC5)ccn3)cn(C)c2=O)cc1. The summed E-state index contributed by atoms with van der Waals surface area (Å²) in [6.45, 7) is 1.86. The second-order valence-electron chi connectivity index (χ2n) is 7.98. The summed E-state index contributed by atoms with van der Waals surface area (Å²) in [5.41, 5.74) is 7.14. The van der Waals surface area contributed by atoms with Crippen molar-refractivity contribution in [1.29, 1.82) is 5.26 Å². The summed E-state index contributed by atoms with van der Waals surface area (Å²) in [6.07, 6.45) is 10.5. The highest BCUT2D eigenvalue weighted by Gasteiger charge is 2.16. The van der Waals surface area contributed by atoms with Gasteiger partial charge in [-0.25, -0.2) is 4.79 Å². The quantitative estimate of drug-likeness (QED) is 0.488. The van der Waals surface area contributed by atoms with Gasteiger partial charge in [0.05, 0.1) is 34.8 Å². The molecule has 1 aromatic carbocycles. The Morgan fingerprint density at radius 3 is 2.69 bits per heavy atom. The predicted molar refractivity (Wildman–Crippen MR) is 124 cm³/mol. The van der Waals surface area contributed by atoms with Crippen molar-refractivity contribution in [2.75, 3.05) is 0 Å².